The minimum Gasteiger partial charge on any atom is -0.452 e. The Hall–Kier alpha value is -2.16. The van der Waals surface area contributed by atoms with Gasteiger partial charge in [-0.3, -0.25) is 4.79 Å². The second-order valence-electron chi connectivity index (χ2n) is 5.63. The number of thioether (sulfide) groups is 1. The van der Waals surface area contributed by atoms with Crippen molar-refractivity contribution >= 4 is 46.3 Å². The molecule has 0 atom stereocenters. The lowest BCUT2D eigenvalue weighted by atomic mass is 10.1. The fourth-order valence-corrected chi connectivity index (χ4v) is 4.74. The van der Waals surface area contributed by atoms with E-state index < -0.39 is 5.97 Å². The largest absolute Gasteiger partial charge is 0.452 e. The Balaban J connectivity index is 1.52. The van der Waals surface area contributed by atoms with E-state index in [0.29, 0.717) is 17.9 Å². The van der Waals surface area contributed by atoms with E-state index in [2.05, 4.69) is 10.3 Å². The third-order valence-corrected chi connectivity index (χ3v) is 6.62. The van der Waals surface area contributed by atoms with E-state index in [1.54, 1.807) is 46.6 Å². The van der Waals surface area contributed by atoms with E-state index in [4.69, 9.17) is 4.74 Å². The van der Waals surface area contributed by atoms with E-state index in [1.807, 2.05) is 41.9 Å². The summed E-state index contributed by atoms with van der Waals surface area (Å²) in [6.45, 7) is 2.10. The van der Waals surface area contributed by atoms with Gasteiger partial charge in [0, 0.05) is 21.7 Å². The lowest BCUT2D eigenvalue weighted by molar-refractivity contribution is -0.124. The van der Waals surface area contributed by atoms with Crippen LogP contribution in [0.25, 0.3) is 0 Å². The summed E-state index contributed by atoms with van der Waals surface area (Å²) < 4.78 is 6.15. The molecule has 0 saturated carbocycles. The molecule has 140 valence electrons. The third-order valence-electron chi connectivity index (χ3n) is 3.56. The first-order valence-corrected chi connectivity index (χ1v) is 11.0. The number of thiazole rings is 1. The quantitative estimate of drug-likeness (QED) is 0.437. The number of nitrogens with one attached hydrogen (secondary N) is 1. The second-order valence-corrected chi connectivity index (χ2v) is 8.75. The van der Waals surface area contributed by atoms with Crippen molar-refractivity contribution < 1.29 is 14.3 Å². The lowest BCUT2D eigenvalue weighted by Crippen LogP contribution is -2.28. The molecule has 0 aliphatic heterocycles. The van der Waals surface area contributed by atoms with Crippen molar-refractivity contribution in [2.45, 2.75) is 23.6 Å². The topological polar surface area (TPSA) is 68.3 Å². The van der Waals surface area contributed by atoms with Crippen molar-refractivity contribution in [1.82, 2.24) is 10.3 Å². The molecule has 27 heavy (non-hydrogen) atoms. The Morgan fingerprint density at radius 3 is 2.78 bits per heavy atom. The van der Waals surface area contributed by atoms with E-state index in [-0.39, 0.29) is 12.5 Å². The highest BCUT2D eigenvalue weighted by Gasteiger charge is 2.15. The van der Waals surface area contributed by atoms with Gasteiger partial charge in [0.2, 0.25) is 0 Å². The Bertz CT molecular complexity index is 907. The summed E-state index contributed by atoms with van der Waals surface area (Å²) in [5.74, 6) is -0.197. The predicted octanol–water partition coefficient (Wildman–Crippen LogP) is 4.28. The molecule has 0 spiro atoms. The molecular formula is C19H18N2O3S3. The molecule has 3 aromatic rings. The third kappa shape index (κ3) is 5.92. The maximum absolute atomic E-state index is 12.4. The maximum atomic E-state index is 12.4. The summed E-state index contributed by atoms with van der Waals surface area (Å²) in [6.07, 6.45) is 0. The number of hydrogen-bond donors (Lipinski definition) is 1. The number of aromatic nitrogens is 1. The molecular weight excluding hydrogens is 400 g/mol. The summed E-state index contributed by atoms with van der Waals surface area (Å²) in [4.78, 5) is 29.7. The first-order chi connectivity index (χ1) is 13.1. The summed E-state index contributed by atoms with van der Waals surface area (Å²) in [5, 5.41) is 6.68. The fraction of sp³-hybridized carbons (Fsp3) is 0.211. The molecule has 0 fully saturated rings. The van der Waals surface area contributed by atoms with Gasteiger partial charge in [0.25, 0.3) is 5.91 Å². The highest BCUT2D eigenvalue weighted by molar-refractivity contribution is 8.00. The van der Waals surface area contributed by atoms with Crippen molar-refractivity contribution in [3.05, 3.63) is 68.9 Å². The molecule has 0 saturated heterocycles. The van der Waals surface area contributed by atoms with Gasteiger partial charge < -0.3 is 10.1 Å². The second kappa shape index (κ2) is 9.68. The van der Waals surface area contributed by atoms with E-state index in [0.717, 1.165) is 20.5 Å². The van der Waals surface area contributed by atoms with Crippen LogP contribution in [-0.2, 0) is 21.8 Å². The number of carbonyl (C=O) groups is 2. The van der Waals surface area contributed by atoms with Crippen LogP contribution in [0.1, 0.15) is 26.5 Å². The van der Waals surface area contributed by atoms with Crippen LogP contribution in [0.3, 0.4) is 0 Å². The van der Waals surface area contributed by atoms with E-state index >= 15 is 0 Å². The van der Waals surface area contributed by atoms with Crippen LogP contribution >= 0.6 is 34.4 Å². The van der Waals surface area contributed by atoms with Gasteiger partial charge >= 0.3 is 5.97 Å². The standard InChI is InChI=1S/C19H18N2O3S3/c1-13-11-26-19(21-13)27-12-14-5-2-3-7-16(14)18(23)24-10-17(22)20-9-15-6-4-8-25-15/h2-8,11H,9-10,12H2,1H3,(H,20,22). The number of amides is 1. The Morgan fingerprint density at radius 1 is 1.19 bits per heavy atom. The molecule has 0 unspecified atom stereocenters. The summed E-state index contributed by atoms with van der Waals surface area (Å²) in [7, 11) is 0. The van der Waals surface area contributed by atoms with Crippen molar-refractivity contribution in [3.8, 4) is 0 Å². The summed E-state index contributed by atoms with van der Waals surface area (Å²) in [5.41, 5.74) is 2.33. The average molecular weight is 419 g/mol. The molecule has 2 heterocycles. The van der Waals surface area contributed by atoms with Gasteiger partial charge in [-0.1, -0.05) is 36.0 Å². The number of esters is 1. The minimum absolute atomic E-state index is 0.294. The molecule has 0 aliphatic carbocycles. The monoisotopic (exact) mass is 418 g/mol. The summed E-state index contributed by atoms with van der Waals surface area (Å²) in [6, 6.07) is 11.1. The van der Waals surface area contributed by atoms with Crippen LogP contribution in [0.15, 0.2) is 51.5 Å². The number of ether oxygens (including phenoxy) is 1. The smallest absolute Gasteiger partial charge is 0.338 e. The fourth-order valence-electron chi connectivity index (χ4n) is 2.24. The van der Waals surface area contributed by atoms with Crippen molar-refractivity contribution in [3.63, 3.8) is 0 Å². The number of thiophene rings is 1. The van der Waals surface area contributed by atoms with Gasteiger partial charge in [-0.05, 0) is 30.0 Å². The van der Waals surface area contributed by atoms with Crippen LogP contribution in [-0.4, -0.2) is 23.5 Å². The minimum atomic E-state index is -0.493. The molecule has 3 rings (SSSR count). The number of carbonyl (C=O) groups excluding carboxylic acids is 2. The molecule has 8 heteroatoms. The van der Waals surface area contributed by atoms with E-state index in [9.17, 15) is 9.59 Å². The number of nitrogens with zero attached hydrogens (tertiary/aromatic N) is 1. The first-order valence-electron chi connectivity index (χ1n) is 8.21. The highest BCUT2D eigenvalue weighted by atomic mass is 32.2. The van der Waals surface area contributed by atoms with Gasteiger partial charge in [-0.25, -0.2) is 9.78 Å². The van der Waals surface area contributed by atoms with Crippen LogP contribution < -0.4 is 5.32 Å². The number of benzene rings is 1. The highest BCUT2D eigenvalue weighted by Crippen LogP contribution is 2.27. The van der Waals surface area contributed by atoms with E-state index in [1.165, 1.54) is 0 Å². The number of rotatable bonds is 8. The van der Waals surface area contributed by atoms with Gasteiger partial charge in [0.15, 0.2) is 6.61 Å². The van der Waals surface area contributed by atoms with Crippen LogP contribution in [0, 0.1) is 6.92 Å². The number of hydrogen-bond acceptors (Lipinski definition) is 7. The van der Waals surface area contributed by atoms with Crippen LogP contribution in [0.2, 0.25) is 0 Å². The molecule has 1 amide bonds. The molecule has 1 aromatic carbocycles. The Morgan fingerprint density at radius 2 is 2.04 bits per heavy atom. The molecule has 0 radical (unpaired) electrons. The van der Waals surface area contributed by atoms with Crippen molar-refractivity contribution in [2.75, 3.05) is 6.61 Å². The van der Waals surface area contributed by atoms with Gasteiger partial charge in [0.1, 0.15) is 4.34 Å². The lowest BCUT2D eigenvalue weighted by Gasteiger charge is -2.09. The van der Waals surface area contributed by atoms with Crippen LogP contribution in [0.5, 0.6) is 0 Å². The van der Waals surface area contributed by atoms with Gasteiger partial charge in [-0.15, -0.1) is 22.7 Å². The van der Waals surface area contributed by atoms with Crippen LogP contribution in [0.4, 0.5) is 0 Å². The zero-order chi connectivity index (χ0) is 19.1. The average Bonchev–Trinajstić information content (AvgIpc) is 3.34. The molecule has 2 aromatic heterocycles. The van der Waals surface area contributed by atoms with Crippen molar-refractivity contribution in [2.24, 2.45) is 0 Å². The number of aryl methyl sites for hydroxylation is 1. The van der Waals surface area contributed by atoms with Crippen molar-refractivity contribution in [1.29, 1.82) is 0 Å². The molecule has 1 N–H and O–H groups in total. The van der Waals surface area contributed by atoms with Gasteiger partial charge in [-0.2, -0.15) is 0 Å². The summed E-state index contributed by atoms with van der Waals surface area (Å²) >= 11 is 4.73. The normalized spacial score (nSPS) is 10.6. The Kier molecular flexibility index (Phi) is 7.03. The van der Waals surface area contributed by atoms with Gasteiger partial charge in [0.05, 0.1) is 12.1 Å². The zero-order valence-electron chi connectivity index (χ0n) is 14.6. The SMILES string of the molecule is Cc1csc(SCc2ccccc2C(=O)OCC(=O)NCc2cccs2)n1. The molecule has 5 nitrogen and oxygen atoms in total. The molecule has 0 bridgehead atoms. The first kappa shape index (κ1) is 19.6. The zero-order valence-corrected chi connectivity index (χ0v) is 17.1. The maximum Gasteiger partial charge on any atom is 0.338 e. The predicted molar refractivity (Wildman–Crippen MR) is 109 cm³/mol. The Labute approximate surface area is 169 Å². The molecule has 0 aliphatic rings.